The number of benzene rings is 2. The molecule has 0 spiro atoms. The lowest BCUT2D eigenvalue weighted by Gasteiger charge is -2.30. The normalized spacial score (nSPS) is 22.0. The number of fused-ring (bicyclic) bond motifs is 4. The second-order valence-electron chi connectivity index (χ2n) is 6.81. The molecule has 6 heteroatoms. The van der Waals surface area contributed by atoms with Crippen LogP contribution in [0.4, 0.5) is 0 Å². The molecule has 2 atom stereocenters. The van der Waals surface area contributed by atoms with Gasteiger partial charge in [-0.3, -0.25) is 4.79 Å². The molecule has 2 aliphatic rings. The number of hydrogen-bond acceptors (Lipinski definition) is 2. The number of rotatable bonds is 1. The number of nitrogens with zero attached hydrogens (tertiary/aromatic N) is 1. The minimum absolute atomic E-state index is 0.107. The lowest BCUT2D eigenvalue weighted by molar-refractivity contribution is -0.121. The molecule has 0 radical (unpaired) electrons. The molecule has 2 aromatic carbocycles. The molecule has 0 bridgehead atoms. The molecule has 1 N–H and O–H groups in total. The van der Waals surface area contributed by atoms with Gasteiger partial charge in [0, 0.05) is 33.1 Å². The molecule has 5 rings (SSSR count). The van der Waals surface area contributed by atoms with E-state index < -0.39 is 5.92 Å². The van der Waals surface area contributed by atoms with E-state index in [9.17, 15) is 4.79 Å². The summed E-state index contributed by atoms with van der Waals surface area (Å²) in [6.45, 7) is 0.619. The molecule has 3 heterocycles. The van der Waals surface area contributed by atoms with Crippen LogP contribution >= 0.6 is 35.4 Å². The van der Waals surface area contributed by atoms with Crippen LogP contribution in [0.3, 0.4) is 0 Å². The number of aromatic nitrogens is 1. The lowest BCUT2D eigenvalue weighted by Crippen LogP contribution is -2.39. The SMILES string of the molecule is O=C1[C@@H](c2cc(Cl)ccc2Cl)C(=S)N2Cc3[nH]c4ccccc4c3C[C@H]12. The largest absolute Gasteiger partial charge is 0.357 e. The fourth-order valence-corrected chi connectivity index (χ4v) is 5.04. The minimum Gasteiger partial charge on any atom is -0.357 e. The molecule has 1 fully saturated rings. The van der Waals surface area contributed by atoms with E-state index in [1.165, 1.54) is 10.9 Å². The fourth-order valence-electron chi connectivity index (χ4n) is 4.20. The number of thiocarbonyl (C=S) groups is 1. The van der Waals surface area contributed by atoms with Crippen molar-refractivity contribution in [2.75, 3.05) is 0 Å². The van der Waals surface area contributed by atoms with Gasteiger partial charge in [0.1, 0.15) is 0 Å². The highest BCUT2D eigenvalue weighted by molar-refractivity contribution is 7.80. The summed E-state index contributed by atoms with van der Waals surface area (Å²) in [6, 6.07) is 13.2. The van der Waals surface area contributed by atoms with Crippen molar-refractivity contribution in [3.63, 3.8) is 0 Å². The molecule has 3 aromatic rings. The number of halogens is 2. The maximum atomic E-state index is 13.2. The summed E-state index contributed by atoms with van der Waals surface area (Å²) in [5, 5.41) is 2.27. The fraction of sp³-hybridized carbons (Fsp3) is 0.200. The third-order valence-corrected chi connectivity index (χ3v) is 6.47. The molecule has 0 saturated carbocycles. The van der Waals surface area contributed by atoms with Crippen LogP contribution in [0.1, 0.15) is 22.7 Å². The van der Waals surface area contributed by atoms with Crippen molar-refractivity contribution in [1.29, 1.82) is 0 Å². The van der Waals surface area contributed by atoms with E-state index in [2.05, 4.69) is 17.1 Å². The Bertz CT molecular complexity index is 1090. The first-order valence-electron chi connectivity index (χ1n) is 8.42. The van der Waals surface area contributed by atoms with Crippen LogP contribution in [0, 0.1) is 0 Å². The van der Waals surface area contributed by atoms with Gasteiger partial charge in [0.15, 0.2) is 5.78 Å². The van der Waals surface area contributed by atoms with E-state index in [0.717, 1.165) is 11.2 Å². The highest BCUT2D eigenvalue weighted by Gasteiger charge is 2.48. The quantitative estimate of drug-likeness (QED) is 0.590. The minimum atomic E-state index is -0.503. The smallest absolute Gasteiger partial charge is 0.169 e. The van der Waals surface area contributed by atoms with E-state index in [1.807, 2.05) is 17.0 Å². The second kappa shape index (κ2) is 5.81. The summed E-state index contributed by atoms with van der Waals surface area (Å²) in [5.41, 5.74) is 4.16. The summed E-state index contributed by atoms with van der Waals surface area (Å²) < 4.78 is 0. The Kier molecular flexibility index (Phi) is 3.64. The number of para-hydroxylation sites is 1. The molecular weight excluding hydrogens is 387 g/mol. The molecule has 1 saturated heterocycles. The first-order chi connectivity index (χ1) is 12.5. The average molecular weight is 401 g/mol. The van der Waals surface area contributed by atoms with Gasteiger partial charge in [0.2, 0.25) is 0 Å². The van der Waals surface area contributed by atoms with Gasteiger partial charge in [-0.05, 0) is 35.4 Å². The van der Waals surface area contributed by atoms with Crippen molar-refractivity contribution in [1.82, 2.24) is 9.88 Å². The lowest BCUT2D eigenvalue weighted by atomic mass is 9.91. The van der Waals surface area contributed by atoms with Crippen LogP contribution in [0.25, 0.3) is 10.9 Å². The zero-order valence-corrected chi connectivity index (χ0v) is 16.0. The molecule has 26 heavy (non-hydrogen) atoms. The van der Waals surface area contributed by atoms with E-state index >= 15 is 0 Å². The van der Waals surface area contributed by atoms with Gasteiger partial charge in [-0.1, -0.05) is 53.6 Å². The van der Waals surface area contributed by atoms with Crippen molar-refractivity contribution >= 4 is 57.1 Å². The number of nitrogens with one attached hydrogen (secondary N) is 1. The van der Waals surface area contributed by atoms with Gasteiger partial charge in [-0.2, -0.15) is 0 Å². The molecule has 130 valence electrons. The number of ketones is 1. The Morgan fingerprint density at radius 1 is 1.15 bits per heavy atom. The van der Waals surface area contributed by atoms with Gasteiger partial charge < -0.3 is 9.88 Å². The summed E-state index contributed by atoms with van der Waals surface area (Å²) >= 11 is 18.2. The van der Waals surface area contributed by atoms with Crippen molar-refractivity contribution in [3.05, 3.63) is 69.3 Å². The number of Topliss-reactive ketones (excluding diaryl/α,β-unsaturated/α-hetero) is 1. The van der Waals surface area contributed by atoms with Crippen molar-refractivity contribution < 1.29 is 4.79 Å². The molecule has 0 amide bonds. The van der Waals surface area contributed by atoms with E-state index in [-0.39, 0.29) is 11.8 Å². The zero-order chi connectivity index (χ0) is 18.0. The topological polar surface area (TPSA) is 36.1 Å². The molecule has 3 nitrogen and oxygen atoms in total. The van der Waals surface area contributed by atoms with Crippen LogP contribution in [0.5, 0.6) is 0 Å². The predicted molar refractivity (Wildman–Crippen MR) is 108 cm³/mol. The Balaban J connectivity index is 1.58. The zero-order valence-electron chi connectivity index (χ0n) is 13.6. The summed E-state index contributed by atoms with van der Waals surface area (Å²) in [4.78, 5) is 19.4. The van der Waals surface area contributed by atoms with Gasteiger partial charge >= 0.3 is 0 Å². The van der Waals surface area contributed by atoms with Crippen LogP contribution in [0.15, 0.2) is 42.5 Å². The van der Waals surface area contributed by atoms with E-state index in [1.54, 1.807) is 18.2 Å². The molecule has 2 aliphatic heterocycles. The van der Waals surface area contributed by atoms with Crippen molar-refractivity contribution in [2.24, 2.45) is 0 Å². The number of hydrogen-bond donors (Lipinski definition) is 1. The van der Waals surface area contributed by atoms with Crippen molar-refractivity contribution in [3.8, 4) is 0 Å². The van der Waals surface area contributed by atoms with Crippen molar-refractivity contribution in [2.45, 2.75) is 24.9 Å². The predicted octanol–water partition coefficient (Wildman–Crippen LogP) is 4.90. The Labute approximate surface area is 165 Å². The highest BCUT2D eigenvalue weighted by atomic mass is 35.5. The number of carbonyl (C=O) groups excluding carboxylic acids is 1. The number of carbonyl (C=O) groups is 1. The third kappa shape index (κ3) is 2.26. The number of H-pyrrole nitrogens is 1. The summed E-state index contributed by atoms with van der Waals surface area (Å²) in [7, 11) is 0. The number of aromatic amines is 1. The van der Waals surface area contributed by atoms with Gasteiger partial charge in [-0.15, -0.1) is 0 Å². The Morgan fingerprint density at radius 3 is 2.81 bits per heavy atom. The Hall–Kier alpha value is -1.88. The summed E-state index contributed by atoms with van der Waals surface area (Å²) in [6.07, 6.45) is 0.660. The maximum absolute atomic E-state index is 13.2. The first kappa shape index (κ1) is 16.3. The van der Waals surface area contributed by atoms with Gasteiger partial charge in [0.05, 0.1) is 23.5 Å². The second-order valence-corrected chi connectivity index (χ2v) is 8.08. The highest BCUT2D eigenvalue weighted by Crippen LogP contribution is 2.41. The molecular formula is C20H14Cl2N2OS. The maximum Gasteiger partial charge on any atom is 0.169 e. The first-order valence-corrected chi connectivity index (χ1v) is 9.58. The molecule has 1 aromatic heterocycles. The standard InChI is InChI=1S/C20H14Cl2N2OS/c21-10-5-6-14(22)13(7-10)18-19(25)17-8-12-11-3-1-2-4-15(11)23-16(12)9-24(17)20(18)26/h1-7,17-18,23H,8-9H2/t17-,18-/m1/s1. The molecule has 0 unspecified atom stereocenters. The van der Waals surface area contributed by atoms with E-state index in [4.69, 9.17) is 35.4 Å². The van der Waals surface area contributed by atoms with Crippen LogP contribution in [-0.4, -0.2) is 26.7 Å². The van der Waals surface area contributed by atoms with Crippen LogP contribution in [0.2, 0.25) is 10.0 Å². The van der Waals surface area contributed by atoms with Gasteiger partial charge in [0.25, 0.3) is 0 Å². The average Bonchev–Trinajstić information content (AvgIpc) is 3.11. The van der Waals surface area contributed by atoms with Crippen LogP contribution < -0.4 is 0 Å². The Morgan fingerprint density at radius 2 is 1.96 bits per heavy atom. The summed E-state index contributed by atoms with van der Waals surface area (Å²) in [5.74, 6) is -0.397. The van der Waals surface area contributed by atoms with Gasteiger partial charge in [-0.25, -0.2) is 0 Å². The van der Waals surface area contributed by atoms with Crippen LogP contribution in [-0.2, 0) is 17.8 Å². The third-order valence-electron chi connectivity index (χ3n) is 5.42. The molecule has 0 aliphatic carbocycles. The van der Waals surface area contributed by atoms with E-state index in [0.29, 0.717) is 33.6 Å². The monoisotopic (exact) mass is 400 g/mol.